The first-order valence-corrected chi connectivity index (χ1v) is 7.42. The van der Waals surface area contributed by atoms with Crippen LogP contribution in [0.15, 0.2) is 23.8 Å². The third-order valence-corrected chi connectivity index (χ3v) is 4.27. The lowest BCUT2D eigenvalue weighted by Gasteiger charge is -2.17. The smallest absolute Gasteiger partial charge is 0.165 e. The molecule has 0 aliphatic rings. The number of fused-ring (bicyclic) bond motifs is 1. The number of hydrogen-bond donors (Lipinski definition) is 1. The highest BCUT2D eigenvalue weighted by Crippen LogP contribution is 2.39. The molecule has 0 spiro atoms. The predicted octanol–water partition coefficient (Wildman–Crippen LogP) is 3.77. The molecule has 5 heteroatoms. The van der Waals surface area contributed by atoms with Crippen LogP contribution < -0.4 is 5.73 Å². The van der Waals surface area contributed by atoms with Crippen LogP contribution >= 0.6 is 11.3 Å². The molecule has 0 saturated carbocycles. The fraction of sp³-hybridized carbons (Fsp3) is 0.267. The van der Waals surface area contributed by atoms with Gasteiger partial charge in [-0.15, -0.1) is 11.3 Å². The third-order valence-electron chi connectivity index (χ3n) is 3.38. The van der Waals surface area contributed by atoms with E-state index in [0.717, 1.165) is 16.6 Å². The van der Waals surface area contributed by atoms with Gasteiger partial charge in [0.05, 0.1) is 5.39 Å². The summed E-state index contributed by atoms with van der Waals surface area (Å²) in [5, 5.41) is 2.94. The number of nitrogens with zero attached hydrogens (tertiary/aromatic N) is 3. The average molecular weight is 284 g/mol. The van der Waals surface area contributed by atoms with Gasteiger partial charge in [-0.05, 0) is 29.9 Å². The van der Waals surface area contributed by atoms with Crippen molar-refractivity contribution in [3.05, 3.63) is 35.1 Å². The number of nitrogen functional groups attached to an aromatic ring is 1. The number of hydrogen-bond acceptors (Lipinski definition) is 5. The molecule has 0 radical (unpaired) electrons. The fourth-order valence-corrected chi connectivity index (χ4v) is 3.42. The van der Waals surface area contributed by atoms with Gasteiger partial charge in [0.1, 0.15) is 12.1 Å². The van der Waals surface area contributed by atoms with Crippen LogP contribution in [0.5, 0.6) is 0 Å². The second-order valence-corrected chi connectivity index (χ2v) is 6.02. The molecule has 3 rings (SSSR count). The van der Waals surface area contributed by atoms with Crippen LogP contribution in [0.2, 0.25) is 0 Å². The van der Waals surface area contributed by atoms with E-state index in [0.29, 0.717) is 17.4 Å². The van der Waals surface area contributed by atoms with Gasteiger partial charge in [-0.25, -0.2) is 15.0 Å². The monoisotopic (exact) mass is 284 g/mol. The van der Waals surface area contributed by atoms with E-state index >= 15 is 0 Å². The number of thiophene rings is 1. The number of aromatic nitrogens is 3. The number of aryl methyl sites for hydroxylation is 1. The van der Waals surface area contributed by atoms with Gasteiger partial charge in [-0.2, -0.15) is 0 Å². The summed E-state index contributed by atoms with van der Waals surface area (Å²) in [6.45, 7) is 6.38. The van der Waals surface area contributed by atoms with Gasteiger partial charge in [0.25, 0.3) is 0 Å². The molecule has 2 N–H and O–H groups in total. The Morgan fingerprint density at radius 1 is 1.25 bits per heavy atom. The first-order valence-electron chi connectivity index (χ1n) is 6.54. The van der Waals surface area contributed by atoms with Gasteiger partial charge >= 0.3 is 0 Å². The molecule has 0 aliphatic carbocycles. The SMILES string of the molecule is Cc1nc2ncnc(N)c2c(-c2cccs2)c1C(C)C. The van der Waals surface area contributed by atoms with Gasteiger partial charge in [-0.3, -0.25) is 0 Å². The van der Waals surface area contributed by atoms with E-state index in [-0.39, 0.29) is 0 Å². The number of rotatable bonds is 2. The largest absolute Gasteiger partial charge is 0.383 e. The van der Waals surface area contributed by atoms with Crippen LogP contribution in [0.4, 0.5) is 5.82 Å². The Hall–Kier alpha value is -2.01. The molecule has 3 aromatic rings. The van der Waals surface area contributed by atoms with Gasteiger partial charge in [0, 0.05) is 16.1 Å². The molecular formula is C15H16N4S. The Morgan fingerprint density at radius 2 is 2.05 bits per heavy atom. The highest BCUT2D eigenvalue weighted by Gasteiger charge is 2.20. The molecule has 4 nitrogen and oxygen atoms in total. The molecule has 20 heavy (non-hydrogen) atoms. The average Bonchev–Trinajstić information content (AvgIpc) is 2.90. The zero-order valence-corrected chi connectivity index (χ0v) is 12.5. The Labute approximate surface area is 121 Å². The number of anilines is 1. The minimum atomic E-state index is 0.364. The van der Waals surface area contributed by atoms with E-state index in [1.54, 1.807) is 11.3 Å². The Kier molecular flexibility index (Phi) is 3.14. The summed E-state index contributed by atoms with van der Waals surface area (Å²) in [6.07, 6.45) is 1.47. The van der Waals surface area contributed by atoms with Crippen molar-refractivity contribution in [1.82, 2.24) is 15.0 Å². The third kappa shape index (κ3) is 1.94. The lowest BCUT2D eigenvalue weighted by molar-refractivity contribution is 0.849. The van der Waals surface area contributed by atoms with E-state index < -0.39 is 0 Å². The van der Waals surface area contributed by atoms with E-state index in [1.165, 1.54) is 16.8 Å². The van der Waals surface area contributed by atoms with Crippen LogP contribution in [-0.4, -0.2) is 15.0 Å². The second kappa shape index (κ2) is 4.83. The van der Waals surface area contributed by atoms with E-state index in [1.807, 2.05) is 13.0 Å². The topological polar surface area (TPSA) is 64.7 Å². The maximum atomic E-state index is 6.10. The zero-order valence-electron chi connectivity index (χ0n) is 11.7. The van der Waals surface area contributed by atoms with Crippen molar-refractivity contribution in [3.63, 3.8) is 0 Å². The van der Waals surface area contributed by atoms with Crippen molar-refractivity contribution in [2.24, 2.45) is 0 Å². The normalized spacial score (nSPS) is 11.4. The van der Waals surface area contributed by atoms with E-state index in [9.17, 15) is 0 Å². The molecule has 0 bridgehead atoms. The van der Waals surface area contributed by atoms with E-state index in [4.69, 9.17) is 5.73 Å². The Morgan fingerprint density at radius 3 is 2.70 bits per heavy atom. The maximum absolute atomic E-state index is 6.10. The zero-order chi connectivity index (χ0) is 14.3. The van der Waals surface area contributed by atoms with Gasteiger partial charge in [-0.1, -0.05) is 19.9 Å². The van der Waals surface area contributed by atoms with Gasteiger partial charge < -0.3 is 5.73 Å². The molecule has 102 valence electrons. The molecule has 3 heterocycles. The summed E-state index contributed by atoms with van der Waals surface area (Å²) >= 11 is 1.70. The Balaban J connectivity index is 2.52. The van der Waals surface area contributed by atoms with Gasteiger partial charge in [0.15, 0.2) is 5.65 Å². The van der Waals surface area contributed by atoms with Crippen LogP contribution in [0.25, 0.3) is 21.5 Å². The fourth-order valence-electron chi connectivity index (χ4n) is 2.63. The minimum Gasteiger partial charge on any atom is -0.383 e. The van der Waals surface area contributed by atoms with Crippen molar-refractivity contribution < 1.29 is 0 Å². The van der Waals surface area contributed by atoms with E-state index in [2.05, 4.69) is 40.2 Å². The molecule has 3 aromatic heterocycles. The van der Waals surface area contributed by atoms with Crippen molar-refractivity contribution >= 4 is 28.2 Å². The molecule has 0 saturated heterocycles. The molecule has 0 atom stereocenters. The van der Waals surface area contributed by atoms with Crippen molar-refractivity contribution in [3.8, 4) is 10.4 Å². The van der Waals surface area contributed by atoms with Crippen LogP contribution in [0, 0.1) is 6.92 Å². The highest BCUT2D eigenvalue weighted by atomic mass is 32.1. The maximum Gasteiger partial charge on any atom is 0.165 e. The lowest BCUT2D eigenvalue weighted by atomic mass is 9.93. The highest BCUT2D eigenvalue weighted by molar-refractivity contribution is 7.13. The molecule has 0 amide bonds. The molecule has 0 fully saturated rings. The summed E-state index contributed by atoms with van der Waals surface area (Å²) < 4.78 is 0. The number of nitrogens with two attached hydrogens (primary N) is 1. The van der Waals surface area contributed by atoms with Crippen LogP contribution in [0.3, 0.4) is 0 Å². The summed E-state index contributed by atoms with van der Waals surface area (Å²) in [7, 11) is 0. The predicted molar refractivity (Wildman–Crippen MR) is 83.9 cm³/mol. The molecule has 0 unspecified atom stereocenters. The first kappa shape index (κ1) is 13.0. The molecule has 0 aromatic carbocycles. The van der Waals surface area contributed by atoms with Gasteiger partial charge in [0.2, 0.25) is 0 Å². The number of pyridine rings is 1. The molecule has 0 aliphatic heterocycles. The minimum absolute atomic E-state index is 0.364. The van der Waals surface area contributed by atoms with Crippen molar-refractivity contribution in [2.75, 3.05) is 5.73 Å². The second-order valence-electron chi connectivity index (χ2n) is 5.08. The standard InChI is InChI=1S/C15H16N4S/c1-8(2)11-9(3)19-15-13(14(16)17-7-18-15)12(11)10-5-4-6-20-10/h4-8H,1-3H3,(H2,16,17,18,19). The van der Waals surface area contributed by atoms with Crippen molar-refractivity contribution in [2.45, 2.75) is 26.7 Å². The van der Waals surface area contributed by atoms with Crippen LogP contribution in [-0.2, 0) is 0 Å². The first-order chi connectivity index (χ1) is 9.59. The summed E-state index contributed by atoms with van der Waals surface area (Å²) in [5.41, 5.74) is 10.1. The lowest BCUT2D eigenvalue weighted by Crippen LogP contribution is -2.04. The summed E-state index contributed by atoms with van der Waals surface area (Å²) in [5.74, 6) is 0.858. The Bertz CT molecular complexity index is 763. The quantitative estimate of drug-likeness (QED) is 0.778. The summed E-state index contributed by atoms with van der Waals surface area (Å²) in [4.78, 5) is 14.2. The van der Waals surface area contributed by atoms with Crippen LogP contribution in [0.1, 0.15) is 31.0 Å². The summed E-state index contributed by atoms with van der Waals surface area (Å²) in [6, 6.07) is 4.16. The molecular weight excluding hydrogens is 268 g/mol. The van der Waals surface area contributed by atoms with Crippen molar-refractivity contribution in [1.29, 1.82) is 0 Å².